The van der Waals surface area contributed by atoms with Crippen LogP contribution in [0.2, 0.25) is 0 Å². The van der Waals surface area contributed by atoms with Crippen molar-refractivity contribution in [3.63, 3.8) is 0 Å². The summed E-state index contributed by atoms with van der Waals surface area (Å²) >= 11 is 1.46. The van der Waals surface area contributed by atoms with E-state index < -0.39 is 0 Å². The van der Waals surface area contributed by atoms with E-state index >= 15 is 0 Å². The van der Waals surface area contributed by atoms with Crippen LogP contribution in [0, 0.1) is 6.92 Å². The normalized spacial score (nSPS) is 10.5. The monoisotopic (exact) mass is 369 g/mol. The van der Waals surface area contributed by atoms with Crippen LogP contribution in [-0.4, -0.2) is 23.2 Å². The van der Waals surface area contributed by atoms with E-state index in [0.717, 1.165) is 22.8 Å². The van der Waals surface area contributed by atoms with Crippen molar-refractivity contribution < 1.29 is 14.1 Å². The predicted octanol–water partition coefficient (Wildman–Crippen LogP) is 3.61. The molecule has 3 aromatic rings. The van der Waals surface area contributed by atoms with Crippen molar-refractivity contribution in [1.29, 1.82) is 0 Å². The number of aromatic nitrogens is 2. The number of carbonyl (C=O) groups is 1. The van der Waals surface area contributed by atoms with E-state index in [0.29, 0.717) is 22.9 Å². The molecule has 0 bridgehead atoms. The van der Waals surface area contributed by atoms with Gasteiger partial charge in [-0.1, -0.05) is 29.1 Å². The Morgan fingerprint density at radius 2 is 2.15 bits per heavy atom. The smallest absolute Gasteiger partial charge is 0.254 e. The first-order chi connectivity index (χ1) is 12.7. The molecule has 0 aliphatic heterocycles. The molecule has 0 saturated heterocycles. The average Bonchev–Trinajstić information content (AvgIpc) is 3.10. The molecule has 7 heteroatoms. The van der Waals surface area contributed by atoms with Crippen molar-refractivity contribution in [2.45, 2.75) is 24.2 Å². The summed E-state index contributed by atoms with van der Waals surface area (Å²) < 4.78 is 10.3. The Bertz CT molecular complexity index is 895. The third-order valence-corrected chi connectivity index (χ3v) is 4.68. The number of methoxy groups -OCH3 is 1. The molecule has 3 rings (SSSR count). The third-order valence-electron chi connectivity index (χ3n) is 3.64. The van der Waals surface area contributed by atoms with Crippen LogP contribution in [0.15, 0.2) is 58.2 Å². The maximum Gasteiger partial charge on any atom is 0.254 e. The fourth-order valence-electron chi connectivity index (χ4n) is 2.37. The van der Waals surface area contributed by atoms with Crippen molar-refractivity contribution >= 4 is 17.7 Å². The summed E-state index contributed by atoms with van der Waals surface area (Å²) in [4.78, 5) is 16.9. The van der Waals surface area contributed by atoms with Crippen molar-refractivity contribution in [3.8, 4) is 5.75 Å². The Labute approximate surface area is 156 Å². The summed E-state index contributed by atoms with van der Waals surface area (Å²) in [6.45, 7) is 2.26. The molecule has 0 saturated carbocycles. The van der Waals surface area contributed by atoms with E-state index in [1.54, 1.807) is 25.4 Å². The lowest BCUT2D eigenvalue weighted by Crippen LogP contribution is -2.23. The molecule has 0 radical (unpaired) electrons. The lowest BCUT2D eigenvalue weighted by Gasteiger charge is -2.09. The zero-order valence-electron chi connectivity index (χ0n) is 14.6. The largest absolute Gasteiger partial charge is 0.497 e. The molecule has 0 unspecified atom stereocenters. The minimum atomic E-state index is -0.167. The number of hydrogen-bond donors (Lipinski definition) is 1. The molecule has 0 atom stereocenters. The van der Waals surface area contributed by atoms with E-state index in [1.807, 2.05) is 37.3 Å². The van der Waals surface area contributed by atoms with Gasteiger partial charge in [0.05, 0.1) is 18.4 Å². The standard InChI is InChI=1S/C19H19N3O3S/c1-13-9-15(22-25-13)12-26-19-17(7-4-8-20-19)18(23)21-11-14-5-3-6-16(10-14)24-2/h3-10H,11-12H2,1-2H3,(H,21,23). The first-order valence-corrected chi connectivity index (χ1v) is 9.05. The molecule has 1 amide bonds. The van der Waals surface area contributed by atoms with Gasteiger partial charge < -0.3 is 14.6 Å². The Morgan fingerprint density at radius 1 is 1.27 bits per heavy atom. The summed E-state index contributed by atoms with van der Waals surface area (Å²) in [7, 11) is 1.62. The summed E-state index contributed by atoms with van der Waals surface area (Å²) in [5, 5.41) is 7.55. The van der Waals surface area contributed by atoms with Gasteiger partial charge in [-0.15, -0.1) is 0 Å². The third kappa shape index (κ3) is 4.64. The zero-order chi connectivity index (χ0) is 18.4. The molecule has 0 aliphatic carbocycles. The first kappa shape index (κ1) is 18.0. The number of ether oxygens (including phenoxy) is 1. The van der Waals surface area contributed by atoms with Gasteiger partial charge in [0, 0.05) is 24.6 Å². The van der Waals surface area contributed by atoms with Crippen molar-refractivity contribution in [2.75, 3.05) is 7.11 Å². The van der Waals surface area contributed by atoms with Gasteiger partial charge in [0.1, 0.15) is 16.5 Å². The maximum absolute atomic E-state index is 12.6. The predicted molar refractivity (Wildman–Crippen MR) is 99.2 cm³/mol. The summed E-state index contributed by atoms with van der Waals surface area (Å²) in [5.74, 6) is 1.94. The topological polar surface area (TPSA) is 77.2 Å². The molecule has 0 aliphatic rings. The lowest BCUT2D eigenvalue weighted by molar-refractivity contribution is 0.0947. The summed E-state index contributed by atoms with van der Waals surface area (Å²) in [6, 6.07) is 13.0. The molecule has 0 fully saturated rings. The van der Waals surface area contributed by atoms with Gasteiger partial charge in [0.25, 0.3) is 5.91 Å². The number of aryl methyl sites for hydroxylation is 1. The summed E-state index contributed by atoms with van der Waals surface area (Å²) in [5.41, 5.74) is 2.33. The fourth-order valence-corrected chi connectivity index (χ4v) is 3.24. The number of thioether (sulfide) groups is 1. The molecule has 6 nitrogen and oxygen atoms in total. The van der Waals surface area contributed by atoms with E-state index in [2.05, 4.69) is 15.5 Å². The van der Waals surface area contributed by atoms with E-state index in [9.17, 15) is 4.79 Å². The number of carbonyl (C=O) groups excluding carboxylic acids is 1. The number of rotatable bonds is 7. The zero-order valence-corrected chi connectivity index (χ0v) is 15.4. The van der Waals surface area contributed by atoms with Crippen LogP contribution in [0.5, 0.6) is 5.75 Å². The van der Waals surface area contributed by atoms with Crippen molar-refractivity contribution in [2.24, 2.45) is 0 Å². The summed E-state index contributed by atoms with van der Waals surface area (Å²) in [6.07, 6.45) is 1.68. The Morgan fingerprint density at radius 3 is 2.92 bits per heavy atom. The Hall–Kier alpha value is -2.80. The second-order valence-corrected chi connectivity index (χ2v) is 6.57. The molecule has 26 heavy (non-hydrogen) atoms. The molecule has 0 spiro atoms. The molecular weight excluding hydrogens is 350 g/mol. The van der Waals surface area contributed by atoms with Gasteiger partial charge in [-0.05, 0) is 36.8 Å². The van der Waals surface area contributed by atoms with Gasteiger partial charge in [-0.3, -0.25) is 4.79 Å². The van der Waals surface area contributed by atoms with Crippen LogP contribution in [0.4, 0.5) is 0 Å². The molecular formula is C19H19N3O3S. The molecule has 1 N–H and O–H groups in total. The Kier molecular flexibility index (Phi) is 5.91. The number of hydrogen-bond acceptors (Lipinski definition) is 6. The SMILES string of the molecule is COc1cccc(CNC(=O)c2cccnc2SCc2cc(C)on2)c1. The second-order valence-electron chi connectivity index (χ2n) is 5.61. The highest BCUT2D eigenvalue weighted by molar-refractivity contribution is 7.98. The van der Waals surface area contributed by atoms with Gasteiger partial charge >= 0.3 is 0 Å². The number of benzene rings is 1. The van der Waals surface area contributed by atoms with E-state index in [1.165, 1.54) is 11.8 Å². The number of amides is 1. The van der Waals surface area contributed by atoms with Gasteiger partial charge in [-0.25, -0.2) is 4.98 Å². The number of nitrogens with zero attached hydrogens (tertiary/aromatic N) is 2. The van der Waals surface area contributed by atoms with E-state index in [-0.39, 0.29) is 5.91 Å². The van der Waals surface area contributed by atoms with Crippen LogP contribution in [-0.2, 0) is 12.3 Å². The van der Waals surface area contributed by atoms with Gasteiger partial charge in [-0.2, -0.15) is 0 Å². The van der Waals surface area contributed by atoms with Crippen LogP contribution >= 0.6 is 11.8 Å². The molecule has 134 valence electrons. The lowest BCUT2D eigenvalue weighted by atomic mass is 10.2. The average molecular weight is 369 g/mol. The highest BCUT2D eigenvalue weighted by Gasteiger charge is 2.13. The number of nitrogens with one attached hydrogen (secondary N) is 1. The second kappa shape index (κ2) is 8.53. The quantitative estimate of drug-likeness (QED) is 0.641. The molecule has 2 heterocycles. The molecule has 1 aromatic carbocycles. The number of pyridine rings is 1. The molecule has 2 aromatic heterocycles. The van der Waals surface area contributed by atoms with E-state index in [4.69, 9.17) is 9.26 Å². The van der Waals surface area contributed by atoms with Crippen molar-refractivity contribution in [3.05, 3.63) is 71.2 Å². The van der Waals surface area contributed by atoms with Crippen LogP contribution < -0.4 is 10.1 Å². The minimum absolute atomic E-state index is 0.167. The fraction of sp³-hybridized carbons (Fsp3) is 0.211. The van der Waals surface area contributed by atoms with Crippen LogP contribution in [0.1, 0.15) is 27.4 Å². The minimum Gasteiger partial charge on any atom is -0.497 e. The highest BCUT2D eigenvalue weighted by atomic mass is 32.2. The van der Waals surface area contributed by atoms with Crippen molar-refractivity contribution in [1.82, 2.24) is 15.5 Å². The Balaban J connectivity index is 1.65. The van der Waals surface area contributed by atoms with Gasteiger partial charge in [0.15, 0.2) is 0 Å². The first-order valence-electron chi connectivity index (χ1n) is 8.07. The van der Waals surface area contributed by atoms with Gasteiger partial charge in [0.2, 0.25) is 0 Å². The van der Waals surface area contributed by atoms with Crippen LogP contribution in [0.3, 0.4) is 0 Å². The van der Waals surface area contributed by atoms with Crippen LogP contribution in [0.25, 0.3) is 0 Å². The maximum atomic E-state index is 12.6. The highest BCUT2D eigenvalue weighted by Crippen LogP contribution is 2.24.